The maximum absolute atomic E-state index is 10.8. The predicted octanol–water partition coefficient (Wildman–Crippen LogP) is 1.30. The number of hydrogen-bond donors (Lipinski definition) is 2. The number of nitro groups is 1. The van der Waals surface area contributed by atoms with Crippen molar-refractivity contribution in [2.45, 2.75) is 26.0 Å². The highest BCUT2D eigenvalue weighted by Crippen LogP contribution is 2.25. The Bertz CT molecular complexity index is 461. The number of carbonyl (C=O) groups is 1. The van der Waals surface area contributed by atoms with Crippen molar-refractivity contribution in [1.82, 2.24) is 0 Å². The Morgan fingerprint density at radius 3 is 2.72 bits per heavy atom. The topological polar surface area (TPSA) is 116 Å². The Labute approximate surface area is 103 Å². The normalized spacial score (nSPS) is 11.9. The van der Waals surface area contributed by atoms with Crippen molar-refractivity contribution >= 4 is 11.7 Å². The summed E-state index contributed by atoms with van der Waals surface area (Å²) in [4.78, 5) is 20.9. The van der Waals surface area contributed by atoms with Crippen molar-refractivity contribution in [2.75, 3.05) is 0 Å². The second-order valence-electron chi connectivity index (χ2n) is 3.61. The molecule has 0 heterocycles. The largest absolute Gasteiger partial charge is 0.479 e. The van der Waals surface area contributed by atoms with Crippen LogP contribution in [0.4, 0.5) is 5.69 Å². The number of ether oxygens (including phenoxy) is 1. The molecule has 1 rings (SSSR count). The number of benzene rings is 1. The molecule has 0 aromatic heterocycles. The molecule has 7 nitrogen and oxygen atoms in total. The van der Waals surface area contributed by atoms with Crippen LogP contribution < -0.4 is 10.5 Å². The summed E-state index contributed by atoms with van der Waals surface area (Å²) in [7, 11) is 0. The number of non-ortho nitro benzene ring substituents is 1. The maximum Gasteiger partial charge on any atom is 0.344 e. The van der Waals surface area contributed by atoms with Crippen molar-refractivity contribution in [3.8, 4) is 5.75 Å². The van der Waals surface area contributed by atoms with Gasteiger partial charge in [-0.05, 0) is 12.5 Å². The van der Waals surface area contributed by atoms with Gasteiger partial charge in [0.15, 0.2) is 6.10 Å². The molecule has 0 saturated heterocycles. The van der Waals surface area contributed by atoms with Crippen LogP contribution in [0.1, 0.15) is 18.9 Å². The number of nitrogens with zero attached hydrogens (tertiary/aromatic N) is 1. The third kappa shape index (κ3) is 3.17. The first kappa shape index (κ1) is 13.9. The molecule has 18 heavy (non-hydrogen) atoms. The fourth-order valence-electron chi connectivity index (χ4n) is 1.42. The van der Waals surface area contributed by atoms with Crippen molar-refractivity contribution in [3.63, 3.8) is 0 Å². The van der Waals surface area contributed by atoms with E-state index in [9.17, 15) is 14.9 Å². The van der Waals surface area contributed by atoms with Crippen LogP contribution in [0.25, 0.3) is 0 Å². The van der Waals surface area contributed by atoms with Gasteiger partial charge in [0.2, 0.25) is 0 Å². The van der Waals surface area contributed by atoms with E-state index in [1.54, 1.807) is 6.92 Å². The molecular weight excluding hydrogens is 240 g/mol. The third-order valence-electron chi connectivity index (χ3n) is 2.39. The molecule has 0 aliphatic rings. The van der Waals surface area contributed by atoms with Gasteiger partial charge in [0.25, 0.3) is 5.69 Å². The second kappa shape index (κ2) is 5.97. The van der Waals surface area contributed by atoms with Crippen LogP contribution in [-0.4, -0.2) is 22.1 Å². The fourth-order valence-corrected chi connectivity index (χ4v) is 1.42. The lowest BCUT2D eigenvalue weighted by Gasteiger charge is -2.15. The van der Waals surface area contributed by atoms with E-state index in [2.05, 4.69) is 0 Å². The average molecular weight is 254 g/mol. The summed E-state index contributed by atoms with van der Waals surface area (Å²) in [5, 5.41) is 19.5. The Morgan fingerprint density at radius 1 is 1.61 bits per heavy atom. The SMILES string of the molecule is CCC(Oc1ccc([N+](=O)[O-])cc1CN)C(=O)O. The van der Waals surface area contributed by atoms with Gasteiger partial charge in [-0.15, -0.1) is 0 Å². The summed E-state index contributed by atoms with van der Waals surface area (Å²) in [6, 6.07) is 3.90. The Kier molecular flexibility index (Phi) is 4.61. The zero-order valence-corrected chi connectivity index (χ0v) is 9.83. The third-order valence-corrected chi connectivity index (χ3v) is 2.39. The first-order valence-electron chi connectivity index (χ1n) is 5.36. The van der Waals surface area contributed by atoms with Crippen molar-refractivity contribution in [2.24, 2.45) is 5.73 Å². The lowest BCUT2D eigenvalue weighted by Crippen LogP contribution is -2.26. The molecule has 0 radical (unpaired) electrons. The van der Waals surface area contributed by atoms with Crippen molar-refractivity contribution < 1.29 is 19.6 Å². The number of carboxylic acid groups (broad SMARTS) is 1. The molecular formula is C11H14N2O5. The van der Waals surface area contributed by atoms with Crippen molar-refractivity contribution in [3.05, 3.63) is 33.9 Å². The van der Waals surface area contributed by atoms with Gasteiger partial charge in [0.05, 0.1) is 4.92 Å². The van der Waals surface area contributed by atoms with E-state index in [4.69, 9.17) is 15.6 Å². The van der Waals surface area contributed by atoms with Gasteiger partial charge in [-0.1, -0.05) is 6.92 Å². The summed E-state index contributed by atoms with van der Waals surface area (Å²) in [5.41, 5.74) is 5.76. The molecule has 0 amide bonds. The summed E-state index contributed by atoms with van der Waals surface area (Å²) < 4.78 is 5.28. The molecule has 0 aliphatic carbocycles. The predicted molar refractivity (Wildman–Crippen MR) is 63.3 cm³/mol. The van der Waals surface area contributed by atoms with E-state index < -0.39 is 17.0 Å². The van der Waals surface area contributed by atoms with Gasteiger partial charge < -0.3 is 15.6 Å². The molecule has 1 aromatic carbocycles. The van der Waals surface area contributed by atoms with Crippen LogP contribution in [0.5, 0.6) is 5.75 Å². The number of aliphatic carboxylic acids is 1. The second-order valence-corrected chi connectivity index (χ2v) is 3.61. The first-order chi connectivity index (χ1) is 8.49. The molecule has 3 N–H and O–H groups in total. The van der Waals surface area contributed by atoms with E-state index >= 15 is 0 Å². The quantitative estimate of drug-likeness (QED) is 0.583. The molecule has 98 valence electrons. The number of rotatable bonds is 6. The van der Waals surface area contributed by atoms with Crippen LogP contribution in [0, 0.1) is 10.1 Å². The van der Waals surface area contributed by atoms with Gasteiger partial charge in [-0.2, -0.15) is 0 Å². The summed E-state index contributed by atoms with van der Waals surface area (Å²) >= 11 is 0. The van der Waals surface area contributed by atoms with Gasteiger partial charge >= 0.3 is 5.97 Å². The molecule has 0 fully saturated rings. The minimum Gasteiger partial charge on any atom is -0.479 e. The Morgan fingerprint density at radius 2 is 2.28 bits per heavy atom. The zero-order chi connectivity index (χ0) is 13.7. The molecule has 0 spiro atoms. The fraction of sp³-hybridized carbons (Fsp3) is 0.364. The average Bonchev–Trinajstić information content (AvgIpc) is 2.35. The number of nitro benzene ring substituents is 1. The molecule has 7 heteroatoms. The zero-order valence-electron chi connectivity index (χ0n) is 9.83. The standard InChI is InChI=1S/C11H14N2O5/c1-2-9(11(14)15)18-10-4-3-8(13(16)17)5-7(10)6-12/h3-5,9H,2,6,12H2,1H3,(H,14,15). The summed E-state index contributed by atoms with van der Waals surface area (Å²) in [5.74, 6) is -0.823. The molecule has 0 aliphatic heterocycles. The molecule has 1 aromatic rings. The van der Waals surface area contributed by atoms with E-state index in [1.807, 2.05) is 0 Å². The van der Waals surface area contributed by atoms with Gasteiger partial charge in [0.1, 0.15) is 5.75 Å². The highest BCUT2D eigenvalue weighted by Gasteiger charge is 2.19. The lowest BCUT2D eigenvalue weighted by atomic mass is 10.1. The van der Waals surface area contributed by atoms with E-state index in [0.717, 1.165) is 0 Å². The smallest absolute Gasteiger partial charge is 0.344 e. The number of hydrogen-bond acceptors (Lipinski definition) is 5. The van der Waals surface area contributed by atoms with Gasteiger partial charge in [-0.25, -0.2) is 4.79 Å². The lowest BCUT2D eigenvalue weighted by molar-refractivity contribution is -0.384. The van der Waals surface area contributed by atoms with Crippen LogP contribution >= 0.6 is 0 Å². The summed E-state index contributed by atoms with van der Waals surface area (Å²) in [6.45, 7) is 1.71. The molecule has 1 unspecified atom stereocenters. The van der Waals surface area contributed by atoms with E-state index in [1.165, 1.54) is 18.2 Å². The van der Waals surface area contributed by atoms with E-state index in [0.29, 0.717) is 5.56 Å². The maximum atomic E-state index is 10.8. The van der Waals surface area contributed by atoms with Crippen LogP contribution in [-0.2, 0) is 11.3 Å². The van der Waals surface area contributed by atoms with Gasteiger partial charge in [0, 0.05) is 24.2 Å². The van der Waals surface area contributed by atoms with Crippen LogP contribution in [0.3, 0.4) is 0 Å². The Hall–Kier alpha value is -2.15. The monoisotopic (exact) mass is 254 g/mol. The Balaban J connectivity index is 3.02. The van der Waals surface area contributed by atoms with Crippen LogP contribution in [0.15, 0.2) is 18.2 Å². The van der Waals surface area contributed by atoms with Gasteiger partial charge in [-0.3, -0.25) is 10.1 Å². The minimum atomic E-state index is -1.08. The number of carboxylic acids is 1. The molecule has 0 bridgehead atoms. The summed E-state index contributed by atoms with van der Waals surface area (Å²) in [6.07, 6.45) is -0.701. The highest BCUT2D eigenvalue weighted by molar-refractivity contribution is 5.72. The first-order valence-corrected chi connectivity index (χ1v) is 5.36. The highest BCUT2D eigenvalue weighted by atomic mass is 16.6. The van der Waals surface area contributed by atoms with Crippen molar-refractivity contribution in [1.29, 1.82) is 0 Å². The minimum absolute atomic E-state index is 0.0348. The van der Waals surface area contributed by atoms with Crippen LogP contribution in [0.2, 0.25) is 0 Å². The molecule has 1 atom stereocenters. The number of nitrogens with two attached hydrogens (primary N) is 1. The van der Waals surface area contributed by atoms with E-state index in [-0.39, 0.29) is 24.4 Å². The molecule has 0 saturated carbocycles.